The number of amides is 2. The smallest absolute Gasteiger partial charge is 0.262 e. The number of nitrogens with one attached hydrogen (secondary N) is 1. The van der Waals surface area contributed by atoms with Gasteiger partial charge < -0.3 is 19.5 Å². The summed E-state index contributed by atoms with van der Waals surface area (Å²) in [6.07, 6.45) is 0.623. The highest BCUT2D eigenvalue weighted by atomic mass is 32.2. The molecule has 9 nitrogen and oxygen atoms in total. The molecule has 0 saturated heterocycles. The van der Waals surface area contributed by atoms with Crippen molar-refractivity contribution in [2.75, 3.05) is 26.6 Å². The Bertz CT molecular complexity index is 1430. The Balaban J connectivity index is 1.31. The lowest BCUT2D eigenvalue weighted by Gasteiger charge is -2.23. The molecule has 2 aliphatic rings. The third-order valence-electron chi connectivity index (χ3n) is 6.48. The second-order valence-electron chi connectivity index (χ2n) is 8.91. The average Bonchev–Trinajstić information content (AvgIpc) is 3.57. The maximum absolute atomic E-state index is 12.9. The zero-order valence-electron chi connectivity index (χ0n) is 21.8. The molecule has 0 bridgehead atoms. The van der Waals surface area contributed by atoms with Crippen molar-refractivity contribution in [3.63, 3.8) is 0 Å². The van der Waals surface area contributed by atoms with Crippen molar-refractivity contribution in [2.45, 2.75) is 24.1 Å². The number of thioether (sulfide) groups is 1. The molecule has 2 aliphatic heterocycles. The van der Waals surface area contributed by atoms with Crippen LogP contribution in [0.25, 0.3) is 0 Å². The monoisotopic (exact) mass is 544 g/mol. The zero-order chi connectivity index (χ0) is 27.4. The summed E-state index contributed by atoms with van der Waals surface area (Å²) in [6, 6.07) is 22.7. The van der Waals surface area contributed by atoms with Gasteiger partial charge in [-0.15, -0.1) is 0 Å². The van der Waals surface area contributed by atoms with E-state index in [1.807, 2.05) is 59.6 Å². The van der Waals surface area contributed by atoms with Gasteiger partial charge in [0.05, 0.1) is 33.1 Å². The van der Waals surface area contributed by atoms with Gasteiger partial charge in [-0.3, -0.25) is 9.59 Å². The van der Waals surface area contributed by atoms with Crippen molar-refractivity contribution < 1.29 is 23.8 Å². The number of methoxy groups -OCH3 is 3. The number of ether oxygens (including phenoxy) is 3. The highest BCUT2D eigenvalue weighted by molar-refractivity contribution is 8.15. The van der Waals surface area contributed by atoms with Gasteiger partial charge in [0.25, 0.3) is 5.91 Å². The van der Waals surface area contributed by atoms with Crippen LogP contribution in [0.4, 0.5) is 5.69 Å². The van der Waals surface area contributed by atoms with E-state index in [0.717, 1.165) is 22.6 Å². The number of benzene rings is 3. The van der Waals surface area contributed by atoms with E-state index in [2.05, 4.69) is 10.3 Å². The molecule has 3 aromatic carbocycles. The van der Waals surface area contributed by atoms with Crippen molar-refractivity contribution in [3.8, 4) is 17.2 Å². The molecule has 0 saturated carbocycles. The Kier molecular flexibility index (Phi) is 7.83. The van der Waals surface area contributed by atoms with Crippen LogP contribution in [0.1, 0.15) is 30.0 Å². The van der Waals surface area contributed by atoms with Crippen LogP contribution in [0.2, 0.25) is 0 Å². The fourth-order valence-electron chi connectivity index (χ4n) is 4.48. The maximum Gasteiger partial charge on any atom is 0.262 e. The lowest BCUT2D eigenvalue weighted by atomic mass is 9.98. The normalized spacial score (nSPS) is 18.4. The number of hydrogen-bond acceptors (Lipinski definition) is 8. The number of carbonyl (C=O) groups excluding carboxylic acids is 2. The first-order valence-electron chi connectivity index (χ1n) is 12.4. The van der Waals surface area contributed by atoms with Crippen molar-refractivity contribution in [2.24, 2.45) is 10.1 Å². The van der Waals surface area contributed by atoms with Gasteiger partial charge in [-0.25, -0.2) is 5.01 Å². The Labute approximate surface area is 230 Å². The van der Waals surface area contributed by atoms with Gasteiger partial charge in [0.2, 0.25) is 5.91 Å². The Morgan fingerprint density at radius 2 is 1.72 bits per heavy atom. The number of anilines is 1. The van der Waals surface area contributed by atoms with Gasteiger partial charge in [0, 0.05) is 24.6 Å². The quantitative estimate of drug-likeness (QED) is 0.431. The standard InChI is InChI=1S/C29H28N4O5S/c1-36-21-12-9-18(10-13-21)22-16-23(19-7-5-4-6-8-19)33(32-22)29-31-28(35)26(39-29)17-27(34)30-20-11-14-24(37-2)25(15-20)38-3/h4-15,23,26H,16-17H2,1-3H3,(H,30,34)/t23-,26+/m1/s1. The number of carbonyl (C=O) groups is 2. The van der Waals surface area contributed by atoms with E-state index in [1.54, 1.807) is 32.4 Å². The molecule has 0 fully saturated rings. The zero-order valence-corrected chi connectivity index (χ0v) is 22.6. The SMILES string of the molecule is COc1ccc(C2=NN(C3=NC(=O)[C@H](CC(=O)Nc4ccc(OC)c(OC)c4)S3)[C@@H](c3ccccc3)C2)cc1. The van der Waals surface area contributed by atoms with Crippen LogP contribution >= 0.6 is 11.8 Å². The van der Waals surface area contributed by atoms with Crippen molar-refractivity contribution in [1.29, 1.82) is 0 Å². The number of amidine groups is 1. The van der Waals surface area contributed by atoms with Gasteiger partial charge in [-0.1, -0.05) is 42.1 Å². The molecule has 2 heterocycles. The number of aliphatic imine (C=N–C) groups is 1. The van der Waals surface area contributed by atoms with Crippen LogP contribution in [0, 0.1) is 0 Å². The highest BCUT2D eigenvalue weighted by Gasteiger charge is 2.39. The average molecular weight is 545 g/mol. The molecule has 5 rings (SSSR count). The van der Waals surface area contributed by atoms with Gasteiger partial charge in [0.1, 0.15) is 11.0 Å². The summed E-state index contributed by atoms with van der Waals surface area (Å²) in [5, 5.41) is 9.37. The van der Waals surface area contributed by atoms with Gasteiger partial charge in [-0.05, 0) is 47.5 Å². The largest absolute Gasteiger partial charge is 0.497 e. The van der Waals surface area contributed by atoms with Gasteiger partial charge >= 0.3 is 0 Å². The minimum Gasteiger partial charge on any atom is -0.497 e. The van der Waals surface area contributed by atoms with Gasteiger partial charge in [0.15, 0.2) is 16.7 Å². The summed E-state index contributed by atoms with van der Waals surface area (Å²) >= 11 is 1.26. The third-order valence-corrected chi connectivity index (χ3v) is 7.62. The molecule has 1 N–H and O–H groups in total. The maximum atomic E-state index is 12.9. The van der Waals surface area contributed by atoms with Crippen LogP contribution in [-0.4, -0.2) is 54.3 Å². The third kappa shape index (κ3) is 5.75. The molecule has 0 unspecified atom stereocenters. The van der Waals surface area contributed by atoms with E-state index in [4.69, 9.17) is 19.3 Å². The molecule has 0 aliphatic carbocycles. The molecular formula is C29H28N4O5S. The molecule has 39 heavy (non-hydrogen) atoms. The highest BCUT2D eigenvalue weighted by Crippen LogP contribution is 2.39. The molecular weight excluding hydrogens is 516 g/mol. The second kappa shape index (κ2) is 11.6. The van der Waals surface area contributed by atoms with Crippen LogP contribution in [0.3, 0.4) is 0 Å². The topological polar surface area (TPSA) is 102 Å². The molecule has 2 amide bonds. The van der Waals surface area contributed by atoms with Crippen LogP contribution < -0.4 is 19.5 Å². The fraction of sp³-hybridized carbons (Fsp3) is 0.241. The molecule has 2 atom stereocenters. The minimum atomic E-state index is -0.642. The predicted molar refractivity (Wildman–Crippen MR) is 152 cm³/mol. The molecule has 0 radical (unpaired) electrons. The Hall–Kier alpha value is -4.31. The molecule has 0 aromatic heterocycles. The van der Waals surface area contributed by atoms with E-state index in [1.165, 1.54) is 18.9 Å². The summed E-state index contributed by atoms with van der Waals surface area (Å²) < 4.78 is 15.8. The summed E-state index contributed by atoms with van der Waals surface area (Å²) in [5.74, 6) is 1.18. The van der Waals surface area contributed by atoms with E-state index < -0.39 is 5.25 Å². The number of rotatable bonds is 8. The lowest BCUT2D eigenvalue weighted by molar-refractivity contribution is -0.121. The second-order valence-corrected chi connectivity index (χ2v) is 10.1. The Morgan fingerprint density at radius 3 is 2.41 bits per heavy atom. The number of nitrogens with zero attached hydrogens (tertiary/aromatic N) is 3. The lowest BCUT2D eigenvalue weighted by Crippen LogP contribution is -2.25. The van der Waals surface area contributed by atoms with Crippen LogP contribution in [0.15, 0.2) is 82.9 Å². The van der Waals surface area contributed by atoms with E-state index in [0.29, 0.717) is 28.8 Å². The van der Waals surface area contributed by atoms with E-state index >= 15 is 0 Å². The first-order chi connectivity index (χ1) is 19.0. The summed E-state index contributed by atoms with van der Waals surface area (Å²) in [7, 11) is 4.70. The predicted octanol–water partition coefficient (Wildman–Crippen LogP) is 4.89. The van der Waals surface area contributed by atoms with Crippen molar-refractivity contribution >= 4 is 40.1 Å². The Morgan fingerprint density at radius 1 is 0.974 bits per heavy atom. The molecule has 3 aromatic rings. The first-order valence-corrected chi connectivity index (χ1v) is 13.2. The van der Waals surface area contributed by atoms with Gasteiger partial charge in [-0.2, -0.15) is 10.1 Å². The molecule has 200 valence electrons. The first kappa shape index (κ1) is 26.3. The fourth-order valence-corrected chi connectivity index (χ4v) is 5.54. The minimum absolute atomic E-state index is 0.0241. The molecule has 10 heteroatoms. The summed E-state index contributed by atoms with van der Waals surface area (Å²) in [5.41, 5.74) is 3.47. The van der Waals surface area contributed by atoms with E-state index in [9.17, 15) is 9.59 Å². The van der Waals surface area contributed by atoms with Crippen molar-refractivity contribution in [1.82, 2.24) is 5.01 Å². The van der Waals surface area contributed by atoms with Crippen LogP contribution in [-0.2, 0) is 9.59 Å². The summed E-state index contributed by atoms with van der Waals surface area (Å²) in [6.45, 7) is 0. The molecule has 0 spiro atoms. The number of hydrazone groups is 1. The number of hydrogen-bond donors (Lipinski definition) is 1. The summed E-state index contributed by atoms with van der Waals surface area (Å²) in [4.78, 5) is 30.0. The van der Waals surface area contributed by atoms with E-state index in [-0.39, 0.29) is 24.3 Å². The van der Waals surface area contributed by atoms with Crippen LogP contribution in [0.5, 0.6) is 17.2 Å². The van der Waals surface area contributed by atoms with Crippen molar-refractivity contribution in [3.05, 3.63) is 83.9 Å².